The second-order valence-electron chi connectivity index (χ2n) is 5.28. The first-order chi connectivity index (χ1) is 11.1. The fourth-order valence-corrected chi connectivity index (χ4v) is 2.98. The number of imidazole rings is 1. The topological polar surface area (TPSA) is 101 Å². The van der Waals surface area contributed by atoms with Gasteiger partial charge >= 0.3 is 0 Å². The van der Waals surface area contributed by atoms with Crippen LogP contribution in [0.5, 0.6) is 0 Å². The van der Waals surface area contributed by atoms with Gasteiger partial charge in [-0.2, -0.15) is 5.10 Å². The van der Waals surface area contributed by atoms with Crippen LogP contribution in [0.2, 0.25) is 0 Å². The summed E-state index contributed by atoms with van der Waals surface area (Å²) in [5.74, 6) is 0.579. The maximum Gasteiger partial charge on any atom is 0.238 e. The minimum atomic E-state index is -0.327. The van der Waals surface area contributed by atoms with Gasteiger partial charge in [-0.25, -0.2) is 19.6 Å². The Morgan fingerprint density at radius 3 is 2.91 bits per heavy atom. The van der Waals surface area contributed by atoms with Crippen LogP contribution < -0.4 is 5.32 Å². The SMILES string of the molecule is CC(C)n1nccc1NC(=O)[C@@H](C)Sc1ncnc2nc[nH]c12. The van der Waals surface area contributed by atoms with E-state index in [2.05, 4.69) is 30.4 Å². The van der Waals surface area contributed by atoms with Gasteiger partial charge in [-0.3, -0.25) is 4.79 Å². The maximum atomic E-state index is 12.4. The van der Waals surface area contributed by atoms with Gasteiger partial charge in [-0.1, -0.05) is 11.8 Å². The van der Waals surface area contributed by atoms with Crippen LogP contribution >= 0.6 is 11.8 Å². The third-order valence-corrected chi connectivity index (χ3v) is 4.36. The van der Waals surface area contributed by atoms with Crippen molar-refractivity contribution in [1.82, 2.24) is 29.7 Å². The highest BCUT2D eigenvalue weighted by molar-refractivity contribution is 8.00. The van der Waals surface area contributed by atoms with Crippen LogP contribution in [-0.2, 0) is 4.79 Å². The van der Waals surface area contributed by atoms with Crippen molar-refractivity contribution in [3.05, 3.63) is 24.9 Å². The molecular formula is C14H17N7OS. The molecule has 0 aromatic carbocycles. The predicted octanol–water partition coefficient (Wildman–Crippen LogP) is 2.25. The zero-order valence-corrected chi connectivity index (χ0v) is 13.8. The van der Waals surface area contributed by atoms with E-state index in [1.165, 1.54) is 18.1 Å². The van der Waals surface area contributed by atoms with Crippen molar-refractivity contribution in [3.8, 4) is 0 Å². The molecule has 0 fully saturated rings. The molecule has 1 atom stereocenters. The molecule has 8 nitrogen and oxygen atoms in total. The number of fused-ring (bicyclic) bond motifs is 1. The summed E-state index contributed by atoms with van der Waals surface area (Å²) >= 11 is 1.36. The van der Waals surface area contributed by atoms with Gasteiger partial charge in [0.05, 0.1) is 17.8 Å². The molecule has 0 saturated heterocycles. The number of anilines is 1. The Morgan fingerprint density at radius 1 is 1.30 bits per heavy atom. The first kappa shape index (κ1) is 15.5. The van der Waals surface area contributed by atoms with Gasteiger partial charge in [0.1, 0.15) is 22.7 Å². The van der Waals surface area contributed by atoms with E-state index in [1.54, 1.807) is 23.3 Å². The highest BCUT2D eigenvalue weighted by Gasteiger charge is 2.19. The molecule has 0 spiro atoms. The van der Waals surface area contributed by atoms with E-state index in [9.17, 15) is 4.79 Å². The lowest BCUT2D eigenvalue weighted by molar-refractivity contribution is -0.115. The van der Waals surface area contributed by atoms with Crippen molar-refractivity contribution < 1.29 is 4.79 Å². The van der Waals surface area contributed by atoms with E-state index in [0.717, 1.165) is 5.52 Å². The monoisotopic (exact) mass is 331 g/mol. The first-order valence-electron chi connectivity index (χ1n) is 7.21. The number of amides is 1. The zero-order chi connectivity index (χ0) is 16.4. The van der Waals surface area contributed by atoms with Gasteiger partial charge in [0, 0.05) is 12.1 Å². The molecule has 0 bridgehead atoms. The third kappa shape index (κ3) is 3.19. The van der Waals surface area contributed by atoms with Crippen LogP contribution in [0.4, 0.5) is 5.82 Å². The molecule has 120 valence electrons. The van der Waals surface area contributed by atoms with Crippen molar-refractivity contribution in [2.24, 2.45) is 0 Å². The molecule has 0 unspecified atom stereocenters. The summed E-state index contributed by atoms with van der Waals surface area (Å²) in [6.07, 6.45) is 4.69. The highest BCUT2D eigenvalue weighted by Crippen LogP contribution is 2.26. The summed E-state index contributed by atoms with van der Waals surface area (Å²) in [7, 11) is 0. The summed E-state index contributed by atoms with van der Waals surface area (Å²) in [6.45, 7) is 5.85. The molecule has 3 rings (SSSR count). The number of nitrogens with zero attached hydrogens (tertiary/aromatic N) is 5. The van der Waals surface area contributed by atoms with Crippen LogP contribution in [0, 0.1) is 0 Å². The minimum absolute atomic E-state index is 0.108. The Labute approximate surface area is 137 Å². The Hall–Kier alpha value is -2.42. The first-order valence-corrected chi connectivity index (χ1v) is 8.09. The predicted molar refractivity (Wildman–Crippen MR) is 88.2 cm³/mol. The fraction of sp³-hybridized carbons (Fsp3) is 0.357. The van der Waals surface area contributed by atoms with Crippen molar-refractivity contribution in [1.29, 1.82) is 0 Å². The van der Waals surface area contributed by atoms with E-state index in [4.69, 9.17) is 0 Å². The lowest BCUT2D eigenvalue weighted by Crippen LogP contribution is -2.24. The van der Waals surface area contributed by atoms with Crippen LogP contribution in [0.1, 0.15) is 26.8 Å². The standard InChI is InChI=1S/C14H17N7OS/c1-8(2)21-10(4-5-19-21)20-13(22)9(3)23-14-11-12(16-6-15-11)17-7-18-14/h4-9H,1-3H3,(H,20,22)(H,15,16,17,18)/t9-/m1/s1. The summed E-state index contributed by atoms with van der Waals surface area (Å²) in [5.41, 5.74) is 1.33. The van der Waals surface area contributed by atoms with Crippen LogP contribution in [-0.4, -0.2) is 40.9 Å². The Balaban J connectivity index is 1.73. The molecule has 3 heterocycles. The van der Waals surface area contributed by atoms with Crippen LogP contribution in [0.3, 0.4) is 0 Å². The maximum absolute atomic E-state index is 12.4. The molecule has 2 N–H and O–H groups in total. The number of H-pyrrole nitrogens is 1. The molecule has 0 radical (unpaired) electrons. The molecule has 0 aliphatic rings. The average Bonchev–Trinajstić information content (AvgIpc) is 3.16. The quantitative estimate of drug-likeness (QED) is 0.549. The third-order valence-electron chi connectivity index (χ3n) is 3.26. The molecule has 0 saturated carbocycles. The lowest BCUT2D eigenvalue weighted by Gasteiger charge is -2.14. The molecule has 0 aliphatic heterocycles. The van der Waals surface area contributed by atoms with Crippen molar-refractivity contribution in [2.45, 2.75) is 37.1 Å². The van der Waals surface area contributed by atoms with Gasteiger partial charge < -0.3 is 10.3 Å². The lowest BCUT2D eigenvalue weighted by atomic mass is 10.4. The van der Waals surface area contributed by atoms with Crippen LogP contribution in [0.15, 0.2) is 29.9 Å². The summed E-state index contributed by atoms with van der Waals surface area (Å²) in [4.78, 5) is 27.8. The molecule has 23 heavy (non-hydrogen) atoms. The normalized spacial score (nSPS) is 12.7. The Morgan fingerprint density at radius 2 is 2.13 bits per heavy atom. The smallest absolute Gasteiger partial charge is 0.238 e. The summed E-state index contributed by atoms with van der Waals surface area (Å²) in [5, 5.41) is 7.49. The highest BCUT2D eigenvalue weighted by atomic mass is 32.2. The van der Waals surface area contributed by atoms with Gasteiger partial charge in [0.2, 0.25) is 5.91 Å². The number of rotatable bonds is 5. The summed E-state index contributed by atoms with van der Waals surface area (Å²) < 4.78 is 1.77. The minimum Gasteiger partial charge on any atom is -0.341 e. The number of nitrogens with one attached hydrogen (secondary N) is 2. The van der Waals surface area contributed by atoms with Gasteiger partial charge in [-0.05, 0) is 20.8 Å². The van der Waals surface area contributed by atoms with Gasteiger partial charge in [-0.15, -0.1) is 0 Å². The molecule has 0 aliphatic carbocycles. The van der Waals surface area contributed by atoms with E-state index < -0.39 is 0 Å². The molecule has 9 heteroatoms. The number of carbonyl (C=O) groups is 1. The zero-order valence-electron chi connectivity index (χ0n) is 13.0. The largest absolute Gasteiger partial charge is 0.341 e. The summed E-state index contributed by atoms with van der Waals surface area (Å²) in [6, 6.07) is 1.96. The van der Waals surface area contributed by atoms with E-state index in [0.29, 0.717) is 16.5 Å². The molecular weight excluding hydrogens is 314 g/mol. The number of aromatic nitrogens is 6. The molecule has 1 amide bonds. The number of hydrogen-bond acceptors (Lipinski definition) is 6. The van der Waals surface area contributed by atoms with Gasteiger partial charge in [0.25, 0.3) is 0 Å². The molecule has 3 aromatic heterocycles. The Bertz CT molecular complexity index is 825. The Kier molecular flexibility index (Phi) is 4.28. The van der Waals surface area contributed by atoms with Crippen LogP contribution in [0.25, 0.3) is 11.2 Å². The van der Waals surface area contributed by atoms with Crippen molar-refractivity contribution >= 4 is 34.7 Å². The number of thioether (sulfide) groups is 1. The number of aromatic amines is 1. The number of carbonyl (C=O) groups excluding carboxylic acids is 1. The fourth-order valence-electron chi connectivity index (χ4n) is 2.11. The van der Waals surface area contributed by atoms with E-state index in [-0.39, 0.29) is 17.2 Å². The van der Waals surface area contributed by atoms with E-state index >= 15 is 0 Å². The molecule has 3 aromatic rings. The van der Waals surface area contributed by atoms with E-state index in [1.807, 2.05) is 20.8 Å². The van der Waals surface area contributed by atoms with Crippen molar-refractivity contribution in [2.75, 3.05) is 5.32 Å². The van der Waals surface area contributed by atoms with Crippen molar-refractivity contribution in [3.63, 3.8) is 0 Å². The van der Waals surface area contributed by atoms with Gasteiger partial charge in [0.15, 0.2) is 5.65 Å². The average molecular weight is 331 g/mol. The second kappa shape index (κ2) is 6.37. The second-order valence-corrected chi connectivity index (χ2v) is 6.61. The number of hydrogen-bond donors (Lipinski definition) is 2.